The van der Waals surface area contributed by atoms with Crippen molar-refractivity contribution >= 4 is 12.0 Å². The Morgan fingerprint density at radius 1 is 0.957 bits per heavy atom. The Hall–Kier alpha value is -1.57. The van der Waals surface area contributed by atoms with E-state index in [-0.39, 0.29) is 5.97 Å². The van der Waals surface area contributed by atoms with Crippen LogP contribution in [0.5, 0.6) is 0 Å². The van der Waals surface area contributed by atoms with Gasteiger partial charge in [0.05, 0.1) is 0 Å². The fraction of sp³-hybridized carbons (Fsp3) is 0.571. The average Bonchev–Trinajstić information content (AvgIpc) is 2.53. The molecule has 1 aromatic rings. The van der Waals surface area contributed by atoms with Gasteiger partial charge in [0, 0.05) is 6.92 Å². The molecule has 0 unspecified atom stereocenters. The van der Waals surface area contributed by atoms with E-state index in [1.165, 1.54) is 63.9 Å². The Morgan fingerprint density at radius 2 is 1.57 bits per heavy atom. The van der Waals surface area contributed by atoms with Gasteiger partial charge in [0.1, 0.15) is 6.61 Å². The minimum atomic E-state index is -0.234. The number of ether oxygens (including phenoxy) is 1. The fourth-order valence-electron chi connectivity index (χ4n) is 2.61. The minimum absolute atomic E-state index is 0.234. The van der Waals surface area contributed by atoms with E-state index in [2.05, 4.69) is 37.3 Å². The lowest BCUT2D eigenvalue weighted by Gasteiger charge is -2.05. The van der Waals surface area contributed by atoms with Gasteiger partial charge in [-0.15, -0.1) is 0 Å². The van der Waals surface area contributed by atoms with Crippen molar-refractivity contribution in [2.24, 2.45) is 0 Å². The molecule has 1 rings (SSSR count). The molecule has 0 amide bonds. The maximum atomic E-state index is 10.8. The number of hydrogen-bond donors (Lipinski definition) is 0. The van der Waals surface area contributed by atoms with Gasteiger partial charge in [-0.1, -0.05) is 75.8 Å². The van der Waals surface area contributed by atoms with Crippen LogP contribution < -0.4 is 0 Å². The Morgan fingerprint density at radius 3 is 2.17 bits per heavy atom. The summed E-state index contributed by atoms with van der Waals surface area (Å²) in [7, 11) is 0. The predicted molar refractivity (Wildman–Crippen MR) is 98.4 cm³/mol. The molecule has 0 saturated carbocycles. The summed E-state index contributed by atoms with van der Waals surface area (Å²) in [4.78, 5) is 10.8. The Balaban J connectivity index is 2.27. The molecule has 1 aromatic carbocycles. The third-order valence-corrected chi connectivity index (χ3v) is 3.96. The first kappa shape index (κ1) is 19.5. The van der Waals surface area contributed by atoms with Gasteiger partial charge in [-0.05, 0) is 36.5 Å². The number of esters is 1. The number of benzene rings is 1. The highest BCUT2D eigenvalue weighted by Gasteiger charge is 1.97. The molecular formula is C21H32O2. The fourth-order valence-corrected chi connectivity index (χ4v) is 2.61. The largest absolute Gasteiger partial charge is 0.461 e. The number of aryl methyl sites for hydroxylation is 1. The Labute approximate surface area is 141 Å². The monoisotopic (exact) mass is 316 g/mol. The van der Waals surface area contributed by atoms with Crippen molar-refractivity contribution in [1.29, 1.82) is 0 Å². The molecule has 0 aromatic heterocycles. The smallest absolute Gasteiger partial charge is 0.302 e. The van der Waals surface area contributed by atoms with Crippen LogP contribution in [0.15, 0.2) is 29.8 Å². The van der Waals surface area contributed by atoms with Crippen molar-refractivity contribution in [2.45, 2.75) is 72.1 Å². The zero-order valence-electron chi connectivity index (χ0n) is 15.1. The maximum Gasteiger partial charge on any atom is 0.302 e. The van der Waals surface area contributed by atoms with Crippen molar-refractivity contribution in [3.63, 3.8) is 0 Å². The highest BCUT2D eigenvalue weighted by Crippen LogP contribution is 2.13. The Bertz CT molecular complexity index is 471. The lowest BCUT2D eigenvalue weighted by molar-refractivity contribution is -0.139. The van der Waals surface area contributed by atoms with Gasteiger partial charge in [0.15, 0.2) is 0 Å². The molecule has 0 aliphatic heterocycles. The van der Waals surface area contributed by atoms with Crippen LogP contribution in [0.2, 0.25) is 0 Å². The van der Waals surface area contributed by atoms with Crippen LogP contribution in [0.4, 0.5) is 0 Å². The first-order chi connectivity index (χ1) is 11.1. The molecule has 0 aliphatic rings. The average molecular weight is 316 g/mol. The lowest BCUT2D eigenvalue weighted by Crippen LogP contribution is -2.01. The molecule has 0 N–H and O–H groups in total. The van der Waals surface area contributed by atoms with Crippen molar-refractivity contribution in [2.75, 3.05) is 6.61 Å². The minimum Gasteiger partial charge on any atom is -0.461 e. The topological polar surface area (TPSA) is 26.3 Å². The maximum absolute atomic E-state index is 10.8. The molecule has 0 aliphatic carbocycles. The van der Waals surface area contributed by atoms with Crippen molar-refractivity contribution in [3.8, 4) is 0 Å². The van der Waals surface area contributed by atoms with Gasteiger partial charge in [-0.25, -0.2) is 0 Å². The van der Waals surface area contributed by atoms with Crippen molar-refractivity contribution in [3.05, 3.63) is 41.0 Å². The number of hydrogen-bond acceptors (Lipinski definition) is 2. The van der Waals surface area contributed by atoms with Gasteiger partial charge >= 0.3 is 5.97 Å². The zero-order valence-corrected chi connectivity index (χ0v) is 15.1. The van der Waals surface area contributed by atoms with Crippen LogP contribution in [0, 0.1) is 0 Å². The van der Waals surface area contributed by atoms with Gasteiger partial charge in [0.2, 0.25) is 0 Å². The van der Waals surface area contributed by atoms with Crippen LogP contribution in [0.1, 0.15) is 76.8 Å². The highest BCUT2D eigenvalue weighted by atomic mass is 16.5. The van der Waals surface area contributed by atoms with E-state index in [0.717, 1.165) is 11.1 Å². The number of unbranched alkanes of at least 4 members (excludes halogenated alkanes) is 6. The SMILES string of the molecule is CCCCCCCCCc1ccc(C=C(C)COC(C)=O)cc1. The molecule has 0 fully saturated rings. The van der Waals surface area contributed by atoms with Gasteiger partial charge in [-0.2, -0.15) is 0 Å². The van der Waals surface area contributed by atoms with E-state index in [4.69, 9.17) is 4.74 Å². The second kappa shape index (κ2) is 11.9. The summed E-state index contributed by atoms with van der Waals surface area (Å²) in [5.41, 5.74) is 3.63. The summed E-state index contributed by atoms with van der Waals surface area (Å²) in [6.07, 6.45) is 12.7. The molecule has 23 heavy (non-hydrogen) atoms. The lowest BCUT2D eigenvalue weighted by atomic mass is 10.0. The summed E-state index contributed by atoms with van der Waals surface area (Å²) in [5, 5.41) is 0. The van der Waals surface area contributed by atoms with Gasteiger partial charge in [-0.3, -0.25) is 4.79 Å². The molecule has 0 radical (unpaired) electrons. The quantitative estimate of drug-likeness (QED) is 0.372. The predicted octanol–water partition coefficient (Wildman–Crippen LogP) is 5.95. The van der Waals surface area contributed by atoms with Crippen LogP contribution >= 0.6 is 0 Å². The van der Waals surface area contributed by atoms with E-state index < -0.39 is 0 Å². The summed E-state index contributed by atoms with van der Waals surface area (Å²) in [6, 6.07) is 8.71. The molecule has 0 bridgehead atoms. The van der Waals surface area contributed by atoms with Crippen LogP contribution in [0.3, 0.4) is 0 Å². The standard InChI is InChI=1S/C21H32O2/c1-4-5-6-7-8-9-10-11-20-12-14-21(15-13-20)16-18(2)17-23-19(3)22/h12-16H,4-11,17H2,1-3H3. The molecule has 0 spiro atoms. The first-order valence-corrected chi connectivity index (χ1v) is 9.01. The molecule has 0 atom stereocenters. The zero-order chi connectivity index (χ0) is 16.9. The molecular weight excluding hydrogens is 284 g/mol. The third kappa shape index (κ3) is 9.93. The summed E-state index contributed by atoms with van der Waals surface area (Å²) in [5.74, 6) is -0.234. The second-order valence-corrected chi connectivity index (χ2v) is 6.38. The van der Waals surface area contributed by atoms with E-state index in [1.807, 2.05) is 6.92 Å². The first-order valence-electron chi connectivity index (χ1n) is 9.01. The number of rotatable bonds is 11. The summed E-state index contributed by atoms with van der Waals surface area (Å²) < 4.78 is 4.99. The van der Waals surface area contributed by atoms with Crippen molar-refractivity contribution < 1.29 is 9.53 Å². The summed E-state index contributed by atoms with van der Waals surface area (Å²) in [6.45, 7) is 6.05. The van der Waals surface area contributed by atoms with E-state index >= 15 is 0 Å². The van der Waals surface area contributed by atoms with Crippen LogP contribution in [-0.4, -0.2) is 12.6 Å². The third-order valence-electron chi connectivity index (χ3n) is 3.96. The van der Waals surface area contributed by atoms with Crippen LogP contribution in [-0.2, 0) is 16.0 Å². The number of carbonyl (C=O) groups is 1. The highest BCUT2D eigenvalue weighted by molar-refractivity contribution is 5.66. The van der Waals surface area contributed by atoms with Crippen molar-refractivity contribution in [1.82, 2.24) is 0 Å². The second-order valence-electron chi connectivity index (χ2n) is 6.38. The molecule has 2 heteroatoms. The van der Waals surface area contributed by atoms with Crippen LogP contribution in [0.25, 0.3) is 6.08 Å². The molecule has 0 heterocycles. The van der Waals surface area contributed by atoms with E-state index in [1.54, 1.807) is 0 Å². The van der Waals surface area contributed by atoms with E-state index in [0.29, 0.717) is 6.61 Å². The normalized spacial score (nSPS) is 11.5. The molecule has 2 nitrogen and oxygen atoms in total. The summed E-state index contributed by atoms with van der Waals surface area (Å²) >= 11 is 0. The molecule has 128 valence electrons. The Kier molecular flexibility index (Phi) is 10.1. The van der Waals surface area contributed by atoms with Gasteiger partial charge < -0.3 is 4.74 Å². The number of carbonyl (C=O) groups excluding carboxylic acids is 1. The van der Waals surface area contributed by atoms with Gasteiger partial charge in [0.25, 0.3) is 0 Å². The molecule has 0 saturated heterocycles. The van der Waals surface area contributed by atoms with E-state index in [9.17, 15) is 4.79 Å².